The van der Waals surface area contributed by atoms with E-state index in [9.17, 15) is 4.79 Å². The van der Waals surface area contributed by atoms with Crippen LogP contribution in [0, 0.1) is 0 Å². The summed E-state index contributed by atoms with van der Waals surface area (Å²) >= 11 is 1.71. The fraction of sp³-hybridized carbons (Fsp3) is 0.312. The summed E-state index contributed by atoms with van der Waals surface area (Å²) in [5, 5.41) is 4.97. The Balaban J connectivity index is 1.77. The van der Waals surface area contributed by atoms with E-state index in [1.54, 1.807) is 11.3 Å². The van der Waals surface area contributed by atoms with Crippen molar-refractivity contribution in [2.45, 2.75) is 32.4 Å². The molecule has 0 aliphatic carbocycles. The second-order valence-electron chi connectivity index (χ2n) is 4.59. The number of carbonyl (C=O) groups is 1. The van der Waals surface area contributed by atoms with Gasteiger partial charge in [0.05, 0.1) is 0 Å². The molecule has 0 fully saturated rings. The minimum absolute atomic E-state index is 0.122. The molecule has 0 aliphatic rings. The number of hydrogen-bond donors (Lipinski definition) is 1. The van der Waals surface area contributed by atoms with Crippen LogP contribution in [-0.2, 0) is 17.8 Å². The lowest BCUT2D eigenvalue weighted by atomic mass is 10.1. The Morgan fingerprint density at radius 1 is 1.25 bits per heavy atom. The number of thiophene rings is 1. The molecule has 106 valence electrons. The van der Waals surface area contributed by atoms with Crippen LogP contribution >= 0.6 is 11.3 Å². The SMILES string of the molecule is CCC(Cc1cccs1)NC(=O)OCc1ccccc1. The number of benzene rings is 1. The van der Waals surface area contributed by atoms with Gasteiger partial charge in [0.1, 0.15) is 6.61 Å². The van der Waals surface area contributed by atoms with Crippen molar-refractivity contribution in [2.24, 2.45) is 0 Å². The van der Waals surface area contributed by atoms with Crippen molar-refractivity contribution in [3.63, 3.8) is 0 Å². The second kappa shape index (κ2) is 7.70. The highest BCUT2D eigenvalue weighted by Gasteiger charge is 2.12. The molecular formula is C16H19NO2S. The van der Waals surface area contributed by atoms with Gasteiger partial charge in [-0.1, -0.05) is 43.3 Å². The van der Waals surface area contributed by atoms with Gasteiger partial charge >= 0.3 is 6.09 Å². The molecule has 4 heteroatoms. The van der Waals surface area contributed by atoms with Crippen molar-refractivity contribution >= 4 is 17.4 Å². The topological polar surface area (TPSA) is 38.3 Å². The standard InChI is InChI=1S/C16H19NO2S/c1-2-14(11-15-9-6-10-20-15)17-16(18)19-12-13-7-4-3-5-8-13/h3-10,14H,2,11-12H2,1H3,(H,17,18). The first-order chi connectivity index (χ1) is 9.78. The van der Waals surface area contributed by atoms with Gasteiger partial charge in [-0.15, -0.1) is 11.3 Å². The molecule has 1 N–H and O–H groups in total. The van der Waals surface area contributed by atoms with Gasteiger partial charge in [-0.05, 0) is 23.4 Å². The summed E-state index contributed by atoms with van der Waals surface area (Å²) in [7, 11) is 0. The molecule has 1 aromatic heterocycles. The van der Waals surface area contributed by atoms with Gasteiger partial charge in [-0.2, -0.15) is 0 Å². The van der Waals surface area contributed by atoms with E-state index < -0.39 is 0 Å². The zero-order valence-corrected chi connectivity index (χ0v) is 12.4. The molecule has 0 aliphatic heterocycles. The van der Waals surface area contributed by atoms with Crippen molar-refractivity contribution < 1.29 is 9.53 Å². The molecule has 0 saturated heterocycles. The van der Waals surface area contributed by atoms with Crippen molar-refractivity contribution in [1.29, 1.82) is 0 Å². The van der Waals surface area contributed by atoms with Gasteiger partial charge in [0.15, 0.2) is 0 Å². The first-order valence-corrected chi connectivity index (χ1v) is 7.65. The maximum atomic E-state index is 11.8. The van der Waals surface area contributed by atoms with Gasteiger partial charge < -0.3 is 10.1 Å². The molecule has 1 heterocycles. The summed E-state index contributed by atoms with van der Waals surface area (Å²) < 4.78 is 5.23. The summed E-state index contributed by atoms with van der Waals surface area (Å²) in [4.78, 5) is 13.1. The maximum Gasteiger partial charge on any atom is 0.407 e. The molecule has 1 atom stereocenters. The molecular weight excluding hydrogens is 270 g/mol. The largest absolute Gasteiger partial charge is 0.445 e. The van der Waals surface area contributed by atoms with Crippen molar-refractivity contribution in [2.75, 3.05) is 0 Å². The number of alkyl carbamates (subject to hydrolysis) is 1. The number of hydrogen-bond acceptors (Lipinski definition) is 3. The fourth-order valence-electron chi connectivity index (χ4n) is 1.90. The summed E-state index contributed by atoms with van der Waals surface area (Å²) in [5.74, 6) is 0. The van der Waals surface area contributed by atoms with Gasteiger partial charge in [-0.25, -0.2) is 4.79 Å². The Labute approximate surface area is 123 Å². The number of nitrogens with one attached hydrogen (secondary N) is 1. The highest BCUT2D eigenvalue weighted by Crippen LogP contribution is 2.12. The Bertz CT molecular complexity index is 511. The Morgan fingerprint density at radius 2 is 2.05 bits per heavy atom. The van der Waals surface area contributed by atoms with Gasteiger partial charge in [0.25, 0.3) is 0 Å². The summed E-state index contributed by atoms with van der Waals surface area (Å²) in [5.41, 5.74) is 0.994. The summed E-state index contributed by atoms with van der Waals surface area (Å²) in [6.07, 6.45) is 1.39. The third kappa shape index (κ3) is 4.70. The Kier molecular flexibility index (Phi) is 5.62. The smallest absolute Gasteiger partial charge is 0.407 e. The number of rotatable bonds is 6. The lowest BCUT2D eigenvalue weighted by Crippen LogP contribution is -2.36. The lowest BCUT2D eigenvalue weighted by molar-refractivity contribution is 0.135. The molecule has 3 nitrogen and oxygen atoms in total. The highest BCUT2D eigenvalue weighted by molar-refractivity contribution is 7.09. The maximum absolute atomic E-state index is 11.8. The number of carbonyl (C=O) groups excluding carboxylic acids is 1. The second-order valence-corrected chi connectivity index (χ2v) is 5.63. The van der Waals surface area contributed by atoms with E-state index in [0.717, 1.165) is 18.4 Å². The van der Waals surface area contributed by atoms with E-state index in [-0.39, 0.29) is 12.1 Å². The van der Waals surface area contributed by atoms with E-state index >= 15 is 0 Å². The first-order valence-electron chi connectivity index (χ1n) is 6.77. The third-order valence-corrected chi connectivity index (χ3v) is 3.95. The molecule has 0 saturated carbocycles. The zero-order chi connectivity index (χ0) is 14.2. The average Bonchev–Trinajstić information content (AvgIpc) is 2.98. The third-order valence-electron chi connectivity index (χ3n) is 3.06. The molecule has 2 aromatic rings. The normalized spacial score (nSPS) is 11.8. The van der Waals surface area contributed by atoms with Crippen LogP contribution in [0.25, 0.3) is 0 Å². The summed E-state index contributed by atoms with van der Waals surface area (Å²) in [6, 6.07) is 13.9. The van der Waals surface area contributed by atoms with E-state index in [1.165, 1.54) is 4.88 Å². The highest BCUT2D eigenvalue weighted by atomic mass is 32.1. The molecule has 20 heavy (non-hydrogen) atoms. The van der Waals surface area contributed by atoms with E-state index in [0.29, 0.717) is 6.61 Å². The van der Waals surface area contributed by atoms with E-state index in [1.807, 2.05) is 36.4 Å². The van der Waals surface area contributed by atoms with Crippen LogP contribution in [0.15, 0.2) is 47.8 Å². The molecule has 0 bridgehead atoms. The van der Waals surface area contributed by atoms with E-state index in [4.69, 9.17) is 4.74 Å². The fourth-order valence-corrected chi connectivity index (χ4v) is 2.69. The van der Waals surface area contributed by atoms with Crippen LogP contribution in [0.5, 0.6) is 0 Å². The van der Waals surface area contributed by atoms with Crippen LogP contribution in [0.4, 0.5) is 4.79 Å². The average molecular weight is 289 g/mol. The van der Waals surface area contributed by atoms with E-state index in [2.05, 4.69) is 23.7 Å². The van der Waals surface area contributed by atoms with Crippen LogP contribution in [-0.4, -0.2) is 12.1 Å². The molecule has 0 spiro atoms. The molecule has 2 rings (SSSR count). The van der Waals surface area contributed by atoms with Gasteiger partial charge in [0.2, 0.25) is 0 Å². The van der Waals surface area contributed by atoms with Crippen molar-refractivity contribution in [3.8, 4) is 0 Å². The van der Waals surface area contributed by atoms with Crippen LogP contribution in [0.1, 0.15) is 23.8 Å². The van der Waals surface area contributed by atoms with Crippen LogP contribution in [0.2, 0.25) is 0 Å². The molecule has 0 radical (unpaired) electrons. The number of amides is 1. The molecule has 1 aromatic carbocycles. The minimum atomic E-state index is -0.350. The van der Waals surface area contributed by atoms with Crippen LogP contribution in [0.3, 0.4) is 0 Å². The molecule has 1 unspecified atom stereocenters. The quantitative estimate of drug-likeness (QED) is 0.873. The minimum Gasteiger partial charge on any atom is -0.445 e. The van der Waals surface area contributed by atoms with Gasteiger partial charge in [-0.3, -0.25) is 0 Å². The zero-order valence-electron chi connectivity index (χ0n) is 11.5. The van der Waals surface area contributed by atoms with Crippen LogP contribution < -0.4 is 5.32 Å². The van der Waals surface area contributed by atoms with Crippen molar-refractivity contribution in [1.82, 2.24) is 5.32 Å². The van der Waals surface area contributed by atoms with Crippen molar-refractivity contribution in [3.05, 3.63) is 58.3 Å². The predicted octanol–water partition coefficient (Wildman–Crippen LogP) is 4.00. The molecule has 1 amide bonds. The summed E-state index contributed by atoms with van der Waals surface area (Å²) in [6.45, 7) is 2.37. The Morgan fingerprint density at radius 3 is 2.70 bits per heavy atom. The Hall–Kier alpha value is -1.81. The number of ether oxygens (including phenoxy) is 1. The monoisotopic (exact) mass is 289 g/mol. The predicted molar refractivity (Wildman–Crippen MR) is 81.9 cm³/mol. The van der Waals surface area contributed by atoms with Gasteiger partial charge in [0, 0.05) is 17.3 Å². The first kappa shape index (κ1) is 14.6. The lowest BCUT2D eigenvalue weighted by Gasteiger charge is -2.16.